The molecular formula is C20H28N2O3. The molecule has 2 heterocycles. The lowest BCUT2D eigenvalue weighted by Crippen LogP contribution is -2.51. The molecule has 0 N–H and O–H groups in total. The molecule has 5 nitrogen and oxygen atoms in total. The van der Waals surface area contributed by atoms with Crippen molar-refractivity contribution in [2.45, 2.75) is 37.8 Å². The van der Waals surface area contributed by atoms with Gasteiger partial charge in [0.2, 0.25) is 0 Å². The number of amides is 2. The number of rotatable bonds is 5. The second-order valence-electron chi connectivity index (χ2n) is 7.44. The second kappa shape index (κ2) is 7.75. The maximum absolute atomic E-state index is 13.0. The molecule has 0 unspecified atom stereocenters. The van der Waals surface area contributed by atoms with Gasteiger partial charge in [0.25, 0.3) is 0 Å². The average Bonchev–Trinajstić information content (AvgIpc) is 3.42. The second-order valence-corrected chi connectivity index (χ2v) is 7.44. The van der Waals surface area contributed by atoms with Gasteiger partial charge in [0.1, 0.15) is 0 Å². The highest BCUT2D eigenvalue weighted by atomic mass is 16.5. The molecule has 0 spiro atoms. The average molecular weight is 344 g/mol. The molecular weight excluding hydrogens is 316 g/mol. The van der Waals surface area contributed by atoms with Crippen LogP contribution in [0.1, 0.15) is 24.8 Å². The molecule has 5 heteroatoms. The Bertz CT molecular complexity index is 570. The fourth-order valence-corrected chi connectivity index (χ4v) is 3.83. The van der Waals surface area contributed by atoms with Gasteiger partial charge < -0.3 is 19.3 Å². The van der Waals surface area contributed by atoms with E-state index in [9.17, 15) is 4.79 Å². The number of carbonyl (C=O) groups is 1. The lowest BCUT2D eigenvalue weighted by atomic mass is 10.0. The molecule has 2 aliphatic heterocycles. The predicted molar refractivity (Wildman–Crippen MR) is 95.5 cm³/mol. The summed E-state index contributed by atoms with van der Waals surface area (Å²) in [6.45, 7) is 4.33. The number of benzene rings is 1. The van der Waals surface area contributed by atoms with E-state index in [1.807, 2.05) is 11.0 Å². The number of hydrogen-bond acceptors (Lipinski definition) is 3. The van der Waals surface area contributed by atoms with E-state index in [0.717, 1.165) is 31.9 Å². The summed E-state index contributed by atoms with van der Waals surface area (Å²) in [5, 5.41) is 0. The smallest absolute Gasteiger partial charge is 0.320 e. The molecule has 2 amide bonds. The fourth-order valence-electron chi connectivity index (χ4n) is 3.83. The molecule has 0 aromatic heterocycles. The number of hydrogen-bond donors (Lipinski definition) is 0. The van der Waals surface area contributed by atoms with Crippen LogP contribution in [0.4, 0.5) is 4.79 Å². The Labute approximate surface area is 149 Å². The molecule has 2 atom stereocenters. The minimum absolute atomic E-state index is 0.136. The van der Waals surface area contributed by atoms with Crippen molar-refractivity contribution in [3.63, 3.8) is 0 Å². The SMILES string of the molecule is O=C(N1CCOCC1)N1CC[C@@H](OCC2CC2)[C@@H]1Cc1ccccc1. The van der Waals surface area contributed by atoms with Crippen LogP contribution in [0.5, 0.6) is 0 Å². The van der Waals surface area contributed by atoms with Crippen molar-refractivity contribution in [3.8, 4) is 0 Å². The number of nitrogens with zero attached hydrogens (tertiary/aromatic N) is 2. The van der Waals surface area contributed by atoms with Crippen LogP contribution in [0.25, 0.3) is 0 Å². The van der Waals surface area contributed by atoms with E-state index in [2.05, 4.69) is 29.2 Å². The number of morpholine rings is 1. The van der Waals surface area contributed by atoms with Gasteiger partial charge in [-0.05, 0) is 37.2 Å². The zero-order valence-electron chi connectivity index (χ0n) is 14.8. The van der Waals surface area contributed by atoms with Crippen LogP contribution in [-0.4, -0.2) is 67.4 Å². The highest BCUT2D eigenvalue weighted by molar-refractivity contribution is 5.75. The van der Waals surface area contributed by atoms with Crippen molar-refractivity contribution >= 4 is 6.03 Å². The van der Waals surface area contributed by atoms with E-state index in [1.54, 1.807) is 0 Å². The van der Waals surface area contributed by atoms with Crippen molar-refractivity contribution in [3.05, 3.63) is 35.9 Å². The molecule has 25 heavy (non-hydrogen) atoms. The van der Waals surface area contributed by atoms with Crippen LogP contribution in [0, 0.1) is 5.92 Å². The van der Waals surface area contributed by atoms with Crippen LogP contribution < -0.4 is 0 Å². The van der Waals surface area contributed by atoms with Crippen molar-refractivity contribution in [1.29, 1.82) is 0 Å². The Kier molecular flexibility index (Phi) is 5.22. The third kappa shape index (κ3) is 4.15. The van der Waals surface area contributed by atoms with Gasteiger partial charge in [0.05, 0.1) is 25.4 Å². The van der Waals surface area contributed by atoms with E-state index in [-0.39, 0.29) is 18.2 Å². The van der Waals surface area contributed by atoms with E-state index in [0.29, 0.717) is 26.3 Å². The number of carbonyl (C=O) groups excluding carboxylic acids is 1. The Hall–Kier alpha value is -1.59. The van der Waals surface area contributed by atoms with Gasteiger partial charge in [-0.2, -0.15) is 0 Å². The van der Waals surface area contributed by atoms with Crippen molar-refractivity contribution < 1.29 is 14.3 Å². The molecule has 3 fully saturated rings. The monoisotopic (exact) mass is 344 g/mol. The topological polar surface area (TPSA) is 42.0 Å². The maximum Gasteiger partial charge on any atom is 0.320 e. The van der Waals surface area contributed by atoms with E-state index in [4.69, 9.17) is 9.47 Å². The quantitative estimate of drug-likeness (QED) is 0.824. The molecule has 1 aromatic carbocycles. The van der Waals surface area contributed by atoms with Gasteiger partial charge in [-0.15, -0.1) is 0 Å². The van der Waals surface area contributed by atoms with Gasteiger partial charge >= 0.3 is 6.03 Å². The predicted octanol–water partition coefficient (Wildman–Crippen LogP) is 2.55. The summed E-state index contributed by atoms with van der Waals surface area (Å²) in [5.74, 6) is 0.751. The van der Waals surface area contributed by atoms with Crippen LogP contribution >= 0.6 is 0 Å². The number of urea groups is 1. The van der Waals surface area contributed by atoms with Crippen LogP contribution in [0.3, 0.4) is 0 Å². The Morgan fingerprint density at radius 3 is 2.56 bits per heavy atom. The molecule has 1 aliphatic carbocycles. The summed E-state index contributed by atoms with van der Waals surface area (Å²) in [5.41, 5.74) is 1.27. The van der Waals surface area contributed by atoms with Crippen molar-refractivity contribution in [2.75, 3.05) is 39.5 Å². The molecule has 3 aliphatic rings. The summed E-state index contributed by atoms with van der Waals surface area (Å²) in [7, 11) is 0. The molecule has 2 saturated heterocycles. The van der Waals surface area contributed by atoms with Gasteiger partial charge in [-0.25, -0.2) is 4.79 Å². The van der Waals surface area contributed by atoms with Gasteiger partial charge in [0.15, 0.2) is 0 Å². The van der Waals surface area contributed by atoms with Crippen LogP contribution in [0.2, 0.25) is 0 Å². The molecule has 136 valence electrons. The zero-order chi connectivity index (χ0) is 17.1. The summed E-state index contributed by atoms with van der Waals surface area (Å²) < 4.78 is 11.6. The van der Waals surface area contributed by atoms with Crippen molar-refractivity contribution in [1.82, 2.24) is 9.80 Å². The van der Waals surface area contributed by atoms with Gasteiger partial charge in [0, 0.05) is 26.2 Å². The first-order valence-electron chi connectivity index (χ1n) is 9.60. The molecule has 1 saturated carbocycles. The fraction of sp³-hybridized carbons (Fsp3) is 0.650. The maximum atomic E-state index is 13.0. The van der Waals surface area contributed by atoms with E-state index >= 15 is 0 Å². The van der Waals surface area contributed by atoms with Crippen LogP contribution in [0.15, 0.2) is 30.3 Å². The highest BCUT2D eigenvalue weighted by Gasteiger charge is 2.40. The third-order valence-electron chi connectivity index (χ3n) is 5.54. The first kappa shape index (κ1) is 16.9. The molecule has 1 aromatic rings. The highest BCUT2D eigenvalue weighted by Crippen LogP contribution is 2.32. The molecule has 0 bridgehead atoms. The summed E-state index contributed by atoms with van der Waals surface area (Å²) in [4.78, 5) is 17.0. The standard InChI is InChI=1S/C20H28N2O3/c23-20(21-10-12-24-13-11-21)22-9-8-19(25-15-17-6-7-17)18(22)14-16-4-2-1-3-5-16/h1-5,17-19H,6-15H2/t18-,19+/m0/s1. The van der Waals surface area contributed by atoms with Crippen LogP contribution in [-0.2, 0) is 15.9 Å². The first-order valence-corrected chi connectivity index (χ1v) is 9.60. The summed E-state index contributed by atoms with van der Waals surface area (Å²) in [6, 6.07) is 10.8. The Morgan fingerprint density at radius 2 is 1.84 bits per heavy atom. The zero-order valence-corrected chi connectivity index (χ0v) is 14.8. The van der Waals surface area contributed by atoms with Crippen molar-refractivity contribution in [2.24, 2.45) is 5.92 Å². The molecule has 0 radical (unpaired) electrons. The minimum atomic E-state index is 0.136. The Balaban J connectivity index is 1.46. The van der Waals surface area contributed by atoms with E-state index < -0.39 is 0 Å². The normalized spacial score (nSPS) is 26.9. The molecule has 4 rings (SSSR count). The lowest BCUT2D eigenvalue weighted by Gasteiger charge is -2.35. The largest absolute Gasteiger partial charge is 0.378 e. The van der Waals surface area contributed by atoms with E-state index in [1.165, 1.54) is 18.4 Å². The van der Waals surface area contributed by atoms with Gasteiger partial charge in [-0.3, -0.25) is 0 Å². The first-order chi connectivity index (χ1) is 12.3. The Morgan fingerprint density at radius 1 is 1.08 bits per heavy atom. The number of likely N-dealkylation sites (tertiary alicyclic amines) is 1. The minimum Gasteiger partial charge on any atom is -0.378 e. The third-order valence-corrected chi connectivity index (χ3v) is 5.54. The number of ether oxygens (including phenoxy) is 2. The summed E-state index contributed by atoms with van der Waals surface area (Å²) in [6.07, 6.45) is 4.57. The van der Waals surface area contributed by atoms with Gasteiger partial charge in [-0.1, -0.05) is 30.3 Å². The summed E-state index contributed by atoms with van der Waals surface area (Å²) >= 11 is 0. The lowest BCUT2D eigenvalue weighted by molar-refractivity contribution is 0.0154.